The van der Waals surface area contributed by atoms with E-state index in [2.05, 4.69) is 10.3 Å². The van der Waals surface area contributed by atoms with Gasteiger partial charge in [-0.3, -0.25) is 0 Å². The van der Waals surface area contributed by atoms with Crippen molar-refractivity contribution in [1.29, 1.82) is 0 Å². The Morgan fingerprint density at radius 3 is 1.26 bits per heavy atom. The fraction of sp³-hybridized carbons (Fsp3) is 0.947. The molecule has 6 heterocycles. The second-order valence-electron chi connectivity index (χ2n) is 17.0. The van der Waals surface area contributed by atoms with Crippen LogP contribution >= 0.6 is 23.5 Å². The van der Waals surface area contributed by atoms with E-state index in [9.17, 15) is 91.9 Å². The monoisotopic (exact) mass is 1060 g/mol. The first kappa shape index (κ1) is 58.0. The lowest BCUT2D eigenvalue weighted by atomic mass is 9.97. The van der Waals surface area contributed by atoms with E-state index in [0.717, 1.165) is 28.2 Å². The first-order chi connectivity index (χ1) is 33.4. The van der Waals surface area contributed by atoms with E-state index in [1.807, 2.05) is 0 Å². The highest BCUT2D eigenvalue weighted by Crippen LogP contribution is 2.35. The van der Waals surface area contributed by atoms with Crippen molar-refractivity contribution in [3.8, 4) is 0 Å². The Morgan fingerprint density at radius 1 is 0.429 bits per heavy atom. The van der Waals surface area contributed by atoms with E-state index in [1.165, 1.54) is 0 Å². The van der Waals surface area contributed by atoms with Gasteiger partial charge in [-0.15, -0.1) is 28.6 Å². The van der Waals surface area contributed by atoms with Gasteiger partial charge in [0.1, 0.15) is 139 Å². The highest BCUT2D eigenvalue weighted by Gasteiger charge is 2.53. The standard InChI is InChI=1S/C38H65N3O27S2/c42-5-14-19(47)22(50)27(55)34(62-14)41-13(11-61-2-4-70-38-31(59)26(54)33(18(9-46)66-38)68-36-29(57)24(52)21(49)16(7-44)64-36)12(39-40-41)10-60-1-3-69-37-30(58)25(53)32(17(8-45)65-37)67-35-28(56)23(51)20(48)15(6-43)63-35/h14-38,42-59H,1-11H2/t14-,15-,16-,17-,18-,19-,20+,21+,22+,23+,24+,25-,26-,27-,28-,29-,30-,31-,32-,33-,34-,35+,36+,37+,38+/m1/s1. The van der Waals surface area contributed by atoms with Gasteiger partial charge in [0.2, 0.25) is 0 Å². The van der Waals surface area contributed by atoms with Crippen LogP contribution in [0, 0.1) is 0 Å². The van der Waals surface area contributed by atoms with Crippen LogP contribution < -0.4 is 0 Å². The van der Waals surface area contributed by atoms with Crippen LogP contribution in [0.25, 0.3) is 0 Å². The predicted molar refractivity (Wildman–Crippen MR) is 226 cm³/mol. The third-order valence-corrected chi connectivity index (χ3v) is 14.6. The third kappa shape index (κ3) is 12.9. The second-order valence-corrected chi connectivity index (χ2v) is 19.4. The lowest BCUT2D eigenvalue weighted by molar-refractivity contribution is -0.338. The molecule has 5 aliphatic heterocycles. The van der Waals surface area contributed by atoms with Gasteiger partial charge >= 0.3 is 0 Å². The lowest BCUT2D eigenvalue weighted by Crippen LogP contribution is -2.64. The summed E-state index contributed by atoms with van der Waals surface area (Å²) in [5.74, 6) is 0.188. The molecule has 25 atom stereocenters. The van der Waals surface area contributed by atoms with Gasteiger partial charge in [-0.05, 0) is 0 Å². The molecule has 406 valence electrons. The molecule has 0 aliphatic carbocycles. The van der Waals surface area contributed by atoms with Gasteiger partial charge in [0.25, 0.3) is 0 Å². The maximum atomic E-state index is 11.0. The first-order valence-electron chi connectivity index (χ1n) is 22.2. The summed E-state index contributed by atoms with van der Waals surface area (Å²) in [6.07, 6.45) is -37.1. The van der Waals surface area contributed by atoms with Crippen molar-refractivity contribution >= 4 is 23.5 Å². The Balaban J connectivity index is 1.03. The highest BCUT2D eigenvalue weighted by atomic mass is 32.2. The number of thioether (sulfide) groups is 2. The number of aliphatic hydroxyl groups is 18. The minimum absolute atomic E-state index is 0.0510. The largest absolute Gasteiger partial charge is 0.394 e. The Kier molecular flexibility index (Phi) is 22.0. The molecule has 0 radical (unpaired) electrons. The van der Waals surface area contributed by atoms with Crippen LogP contribution in [0.2, 0.25) is 0 Å². The highest BCUT2D eigenvalue weighted by molar-refractivity contribution is 8.00. The van der Waals surface area contributed by atoms with Gasteiger partial charge in [0, 0.05) is 11.5 Å². The van der Waals surface area contributed by atoms with Gasteiger partial charge in [-0.1, -0.05) is 5.21 Å². The first-order valence-corrected chi connectivity index (χ1v) is 24.3. The Morgan fingerprint density at radius 2 is 0.829 bits per heavy atom. The molecule has 5 saturated heterocycles. The number of aromatic nitrogens is 3. The molecule has 5 fully saturated rings. The quantitative estimate of drug-likeness (QED) is 0.0480. The fourth-order valence-electron chi connectivity index (χ4n) is 8.27. The number of ether oxygens (including phenoxy) is 9. The number of rotatable bonds is 22. The van der Waals surface area contributed by atoms with Crippen LogP contribution in [-0.4, -0.2) is 310 Å². The van der Waals surface area contributed by atoms with Crippen LogP contribution in [-0.2, 0) is 55.8 Å². The smallest absolute Gasteiger partial charge is 0.187 e. The summed E-state index contributed by atoms with van der Waals surface area (Å²) in [5.41, 5.74) is -2.04. The van der Waals surface area contributed by atoms with E-state index in [-0.39, 0.29) is 49.3 Å². The van der Waals surface area contributed by atoms with Crippen molar-refractivity contribution < 1.29 is 135 Å². The Hall–Kier alpha value is -1.24. The van der Waals surface area contributed by atoms with Crippen molar-refractivity contribution in [1.82, 2.24) is 15.0 Å². The molecular formula is C38H65N3O27S2. The van der Waals surface area contributed by atoms with E-state index in [1.54, 1.807) is 0 Å². The van der Waals surface area contributed by atoms with Gasteiger partial charge in [0.15, 0.2) is 18.8 Å². The third-order valence-electron chi connectivity index (χ3n) is 12.4. The molecule has 70 heavy (non-hydrogen) atoms. The molecule has 0 unspecified atom stereocenters. The minimum atomic E-state index is -1.84. The van der Waals surface area contributed by atoms with Gasteiger partial charge in [-0.25, -0.2) is 4.68 Å². The van der Waals surface area contributed by atoms with Crippen molar-refractivity contribution in [2.45, 2.75) is 165 Å². The summed E-state index contributed by atoms with van der Waals surface area (Å²) in [4.78, 5) is 0. The SMILES string of the molecule is OC[C@H]1O[C@@H](O[C@H]2[C@H](O)[C@@H](O)[C@H](SCCOCc3nnn([C@@H]4O[C@H](CO)[C@@H](O)[C@H](O)[C@H]4O)c3COCCS[C@@H]3O[C@H](CO)[C@@H](O[C@@H]4O[C@H](CO)[C@H](O)[C@H](O)[C@H]4O)[C@H](O)[C@H]3O)O[C@@H]2CO)[C@H](O)[C@@H](O)[C@H]1O. The maximum absolute atomic E-state index is 11.0. The van der Waals surface area contributed by atoms with E-state index < -0.39 is 185 Å². The lowest BCUT2D eigenvalue weighted by Gasteiger charge is -2.46. The van der Waals surface area contributed by atoms with Gasteiger partial charge < -0.3 is 135 Å². The molecule has 18 N–H and O–H groups in total. The van der Waals surface area contributed by atoms with E-state index >= 15 is 0 Å². The minimum Gasteiger partial charge on any atom is -0.394 e. The molecule has 0 spiro atoms. The molecule has 0 bridgehead atoms. The molecule has 0 aromatic carbocycles. The van der Waals surface area contributed by atoms with Gasteiger partial charge in [-0.2, -0.15) is 0 Å². The molecule has 6 rings (SSSR count). The van der Waals surface area contributed by atoms with Crippen molar-refractivity contribution in [2.24, 2.45) is 0 Å². The van der Waals surface area contributed by atoms with Crippen LogP contribution in [0.15, 0.2) is 0 Å². The van der Waals surface area contributed by atoms with Gasteiger partial charge in [0.05, 0.1) is 65.2 Å². The summed E-state index contributed by atoms with van der Waals surface area (Å²) >= 11 is 1.95. The van der Waals surface area contributed by atoms with E-state index in [0.29, 0.717) is 0 Å². The normalized spacial score (nSPS) is 45.0. The fourth-order valence-corrected chi connectivity index (χ4v) is 10.3. The molecule has 32 heteroatoms. The molecule has 5 aliphatic rings. The number of aliphatic hydroxyl groups excluding tert-OH is 18. The van der Waals surface area contributed by atoms with Crippen molar-refractivity contribution in [3.05, 3.63) is 11.4 Å². The zero-order chi connectivity index (χ0) is 51.1. The molecule has 1 aromatic heterocycles. The number of nitrogens with zero attached hydrogens (tertiary/aromatic N) is 3. The maximum Gasteiger partial charge on any atom is 0.187 e. The second kappa shape index (κ2) is 26.5. The Labute approximate surface area is 406 Å². The Bertz CT molecular complexity index is 1710. The van der Waals surface area contributed by atoms with Crippen molar-refractivity contribution in [2.75, 3.05) is 57.8 Å². The van der Waals surface area contributed by atoms with Crippen LogP contribution in [0.4, 0.5) is 0 Å². The molecule has 1 aromatic rings. The van der Waals surface area contributed by atoms with Crippen LogP contribution in [0.5, 0.6) is 0 Å². The summed E-state index contributed by atoms with van der Waals surface area (Å²) in [6.45, 7) is -4.42. The number of hydrogen-bond donors (Lipinski definition) is 18. The zero-order valence-electron chi connectivity index (χ0n) is 37.1. The van der Waals surface area contributed by atoms with Crippen LogP contribution in [0.1, 0.15) is 17.6 Å². The average Bonchev–Trinajstić information content (AvgIpc) is 3.76. The predicted octanol–water partition coefficient (Wildman–Crippen LogP) is -11.0. The summed E-state index contributed by atoms with van der Waals surface area (Å²) in [5, 5.41) is 194. The number of hydrogen-bond acceptors (Lipinski definition) is 31. The summed E-state index contributed by atoms with van der Waals surface area (Å²) < 4.78 is 51.9. The van der Waals surface area contributed by atoms with Crippen molar-refractivity contribution in [3.63, 3.8) is 0 Å². The zero-order valence-corrected chi connectivity index (χ0v) is 38.7. The average molecular weight is 1060 g/mol. The topological polar surface area (TPSA) is 478 Å². The molecule has 0 saturated carbocycles. The molecule has 30 nitrogen and oxygen atoms in total. The summed E-state index contributed by atoms with van der Waals surface area (Å²) in [7, 11) is 0. The summed E-state index contributed by atoms with van der Waals surface area (Å²) in [6, 6.07) is 0. The molecule has 0 amide bonds. The van der Waals surface area contributed by atoms with E-state index in [4.69, 9.17) is 42.6 Å². The van der Waals surface area contributed by atoms with Crippen LogP contribution in [0.3, 0.4) is 0 Å². The molecular weight excluding hydrogens is 995 g/mol.